The van der Waals surface area contributed by atoms with Crippen LogP contribution in [0.15, 0.2) is 84.9 Å². The minimum absolute atomic E-state index is 0.218. The molecule has 3 aromatic carbocycles. The van der Waals surface area contributed by atoms with Crippen molar-refractivity contribution in [3.8, 4) is 5.75 Å². The first-order valence-electron chi connectivity index (χ1n) is 11.3. The molecule has 0 aliphatic carbocycles. The maximum Gasteiger partial charge on any atom is 0.302 e. The average Bonchev–Trinajstić information content (AvgIpc) is 2.82. The number of benzene rings is 3. The Morgan fingerprint density at radius 2 is 1.45 bits per heavy atom. The number of ether oxygens (including phenoxy) is 2. The predicted octanol–water partition coefficient (Wildman–Crippen LogP) is 4.60. The summed E-state index contributed by atoms with van der Waals surface area (Å²) in [6.45, 7) is 3.03. The lowest BCUT2D eigenvalue weighted by atomic mass is 9.71. The molecule has 0 amide bonds. The molecule has 3 aromatic rings. The van der Waals surface area contributed by atoms with Gasteiger partial charge in [0.15, 0.2) is 0 Å². The molecule has 0 aromatic heterocycles. The second-order valence-corrected chi connectivity index (χ2v) is 8.40. The molecule has 0 heterocycles. The number of likely N-dealkylation sites (N-methyl/N-ethyl adjacent to an activating group) is 1. The van der Waals surface area contributed by atoms with Gasteiger partial charge in [0.2, 0.25) is 0 Å². The first-order valence-corrected chi connectivity index (χ1v) is 11.3. The quantitative estimate of drug-likeness (QED) is 0.436. The molecule has 0 aliphatic rings. The van der Waals surface area contributed by atoms with Crippen LogP contribution < -0.4 is 4.74 Å². The van der Waals surface area contributed by atoms with Crippen LogP contribution in [0.3, 0.4) is 0 Å². The molecular weight excluding hydrogens is 414 g/mol. The highest BCUT2D eigenvalue weighted by atomic mass is 16.5. The number of hydrogen-bond acceptors (Lipinski definition) is 5. The summed E-state index contributed by atoms with van der Waals surface area (Å²) < 4.78 is 11.1. The lowest BCUT2D eigenvalue weighted by Crippen LogP contribution is -2.36. The lowest BCUT2D eigenvalue weighted by molar-refractivity contribution is -0.141. The molecule has 0 radical (unpaired) electrons. The summed E-state index contributed by atoms with van der Waals surface area (Å²) in [7, 11) is 4.01. The zero-order valence-corrected chi connectivity index (χ0v) is 19.6. The van der Waals surface area contributed by atoms with E-state index in [2.05, 4.69) is 4.90 Å². The molecule has 0 spiro atoms. The highest BCUT2D eigenvalue weighted by Gasteiger charge is 2.41. The van der Waals surface area contributed by atoms with E-state index >= 15 is 0 Å². The fraction of sp³-hybridized carbons (Fsp3) is 0.321. The van der Waals surface area contributed by atoms with Gasteiger partial charge in [-0.05, 0) is 49.3 Å². The molecule has 0 saturated heterocycles. The number of esters is 1. The van der Waals surface area contributed by atoms with E-state index in [1.807, 2.05) is 99.0 Å². The van der Waals surface area contributed by atoms with Gasteiger partial charge in [-0.2, -0.15) is 0 Å². The Labute approximate surface area is 196 Å². The van der Waals surface area contributed by atoms with Crippen molar-refractivity contribution in [1.82, 2.24) is 4.90 Å². The van der Waals surface area contributed by atoms with E-state index < -0.39 is 5.60 Å². The molecule has 2 unspecified atom stereocenters. The fourth-order valence-electron chi connectivity index (χ4n) is 4.04. The number of rotatable bonds is 11. The third-order valence-corrected chi connectivity index (χ3v) is 5.73. The number of hydrogen-bond donors (Lipinski definition) is 1. The second-order valence-electron chi connectivity index (χ2n) is 8.40. The van der Waals surface area contributed by atoms with Crippen molar-refractivity contribution in [2.24, 2.45) is 0 Å². The monoisotopic (exact) mass is 447 g/mol. The van der Waals surface area contributed by atoms with Gasteiger partial charge in [-0.25, -0.2) is 0 Å². The van der Waals surface area contributed by atoms with Crippen LogP contribution in [0.1, 0.15) is 36.0 Å². The van der Waals surface area contributed by atoms with Crippen molar-refractivity contribution in [2.45, 2.75) is 24.9 Å². The molecule has 33 heavy (non-hydrogen) atoms. The van der Waals surface area contributed by atoms with Crippen molar-refractivity contribution >= 4 is 5.97 Å². The zero-order chi connectivity index (χ0) is 23.7. The van der Waals surface area contributed by atoms with Crippen LogP contribution in [-0.4, -0.2) is 49.8 Å². The summed E-state index contributed by atoms with van der Waals surface area (Å²) in [6.07, 6.45) is 0.468. The minimum atomic E-state index is -1.33. The van der Waals surface area contributed by atoms with Crippen molar-refractivity contribution in [3.63, 3.8) is 0 Å². The molecule has 174 valence electrons. The maximum atomic E-state index is 12.4. The number of aliphatic hydroxyl groups is 1. The average molecular weight is 448 g/mol. The highest BCUT2D eigenvalue weighted by molar-refractivity contribution is 5.65. The van der Waals surface area contributed by atoms with Crippen molar-refractivity contribution < 1.29 is 19.4 Å². The predicted molar refractivity (Wildman–Crippen MR) is 130 cm³/mol. The first-order chi connectivity index (χ1) is 15.9. The summed E-state index contributed by atoms with van der Waals surface area (Å²) >= 11 is 0. The molecule has 0 saturated carbocycles. The van der Waals surface area contributed by atoms with Crippen LogP contribution in [0.25, 0.3) is 0 Å². The summed E-state index contributed by atoms with van der Waals surface area (Å²) in [5, 5.41) is 12.4. The van der Waals surface area contributed by atoms with Gasteiger partial charge in [0.05, 0.1) is 6.61 Å². The molecule has 5 heteroatoms. The van der Waals surface area contributed by atoms with E-state index in [1.54, 1.807) is 0 Å². The van der Waals surface area contributed by atoms with Crippen LogP contribution in [0.2, 0.25) is 0 Å². The smallest absolute Gasteiger partial charge is 0.302 e. The normalized spacial score (nSPS) is 13.8. The van der Waals surface area contributed by atoms with E-state index in [4.69, 9.17) is 9.47 Å². The third-order valence-electron chi connectivity index (χ3n) is 5.73. The summed E-state index contributed by atoms with van der Waals surface area (Å²) in [6, 6.07) is 27.2. The van der Waals surface area contributed by atoms with Crippen LogP contribution >= 0.6 is 0 Å². The Kier molecular flexibility index (Phi) is 8.64. The molecule has 3 rings (SSSR count). The summed E-state index contributed by atoms with van der Waals surface area (Å²) in [5.41, 5.74) is 1.18. The minimum Gasteiger partial charge on any atom is -0.492 e. The lowest BCUT2D eigenvalue weighted by Gasteiger charge is -2.38. The standard InChI is InChI=1S/C28H33NO4/c1-22(30)32-20-18-27(23-10-6-4-7-11-23)28(31,24-12-8-5-9-13-24)25-14-16-26(17-15-25)33-21-19-29(2)3/h4-17,27,31H,18-21H2,1-3H3. The molecule has 2 atom stereocenters. The molecule has 0 fully saturated rings. The molecular formula is C28H33NO4. The van der Waals surface area contributed by atoms with E-state index in [0.717, 1.165) is 29.0 Å². The molecule has 5 nitrogen and oxygen atoms in total. The third kappa shape index (κ3) is 6.44. The van der Waals surface area contributed by atoms with Crippen molar-refractivity contribution in [2.75, 3.05) is 33.9 Å². The first kappa shape index (κ1) is 24.5. The van der Waals surface area contributed by atoms with Crippen LogP contribution in [0, 0.1) is 0 Å². The molecule has 0 aliphatic heterocycles. The van der Waals surface area contributed by atoms with Crippen LogP contribution in [-0.2, 0) is 15.1 Å². The number of carbonyl (C=O) groups is 1. The summed E-state index contributed by atoms with van der Waals surface area (Å²) in [5.74, 6) is 0.0948. The summed E-state index contributed by atoms with van der Waals surface area (Å²) in [4.78, 5) is 13.5. The van der Waals surface area contributed by atoms with Gasteiger partial charge in [-0.1, -0.05) is 72.8 Å². The van der Waals surface area contributed by atoms with Gasteiger partial charge >= 0.3 is 5.97 Å². The zero-order valence-electron chi connectivity index (χ0n) is 19.6. The Hall–Kier alpha value is -3.15. The molecule has 1 N–H and O–H groups in total. The van der Waals surface area contributed by atoms with Gasteiger partial charge in [0.25, 0.3) is 0 Å². The SMILES string of the molecule is CC(=O)OCCC(c1ccccc1)C(O)(c1ccccc1)c1ccc(OCCN(C)C)cc1. The van der Waals surface area contributed by atoms with Gasteiger partial charge in [-0.15, -0.1) is 0 Å². The maximum absolute atomic E-state index is 12.4. The van der Waals surface area contributed by atoms with E-state index in [0.29, 0.717) is 13.0 Å². The van der Waals surface area contributed by atoms with E-state index in [9.17, 15) is 9.90 Å². The Bertz CT molecular complexity index is 989. The number of carbonyl (C=O) groups excluding carboxylic acids is 1. The van der Waals surface area contributed by atoms with Gasteiger partial charge in [0.1, 0.15) is 18.0 Å². The van der Waals surface area contributed by atoms with Gasteiger partial charge in [0, 0.05) is 19.4 Å². The largest absolute Gasteiger partial charge is 0.492 e. The Morgan fingerprint density at radius 3 is 2.03 bits per heavy atom. The fourth-order valence-corrected chi connectivity index (χ4v) is 4.04. The van der Waals surface area contributed by atoms with Crippen molar-refractivity contribution in [1.29, 1.82) is 0 Å². The van der Waals surface area contributed by atoms with Gasteiger partial charge in [-0.3, -0.25) is 4.79 Å². The second kappa shape index (κ2) is 11.6. The van der Waals surface area contributed by atoms with Gasteiger partial charge < -0.3 is 19.5 Å². The van der Waals surface area contributed by atoms with E-state index in [1.165, 1.54) is 6.92 Å². The Morgan fingerprint density at radius 1 is 0.879 bits per heavy atom. The Balaban J connectivity index is 2.00. The van der Waals surface area contributed by atoms with E-state index in [-0.39, 0.29) is 18.5 Å². The van der Waals surface area contributed by atoms with Crippen molar-refractivity contribution in [3.05, 3.63) is 102 Å². The molecule has 0 bridgehead atoms. The highest BCUT2D eigenvalue weighted by Crippen LogP contribution is 2.44. The van der Waals surface area contributed by atoms with Crippen LogP contribution in [0.4, 0.5) is 0 Å². The van der Waals surface area contributed by atoms with Crippen LogP contribution in [0.5, 0.6) is 5.75 Å². The topological polar surface area (TPSA) is 59.0 Å². The number of nitrogens with zero attached hydrogens (tertiary/aromatic N) is 1.